The summed E-state index contributed by atoms with van der Waals surface area (Å²) < 4.78 is 0. The van der Waals surface area contributed by atoms with Crippen LogP contribution in [0.2, 0.25) is 0 Å². The Balaban J connectivity index is 1.75. The molecule has 1 aliphatic carbocycles. The maximum Gasteiger partial charge on any atom is 0.262 e. The molecule has 0 radical (unpaired) electrons. The Morgan fingerprint density at radius 1 is 1.00 bits per heavy atom. The summed E-state index contributed by atoms with van der Waals surface area (Å²) in [6.45, 7) is 0. The Bertz CT molecular complexity index is 582. The van der Waals surface area contributed by atoms with Crippen LogP contribution in [-0.4, -0.2) is 11.9 Å². The molecule has 1 saturated carbocycles. The quantitative estimate of drug-likeness (QED) is 0.805. The number of hydrogen-bond donors (Lipinski definition) is 1. The van der Waals surface area contributed by atoms with Crippen molar-refractivity contribution in [3.05, 3.63) is 46.7 Å². The molecule has 3 rings (SSSR count). The number of hydrogen-bond acceptors (Lipinski definition) is 2. The minimum Gasteiger partial charge on any atom is -0.349 e. The van der Waals surface area contributed by atoms with Crippen LogP contribution in [0.5, 0.6) is 0 Å². The molecule has 0 spiro atoms. The molecule has 0 atom stereocenters. The van der Waals surface area contributed by atoms with E-state index in [0.29, 0.717) is 6.04 Å². The molecule has 110 valence electrons. The summed E-state index contributed by atoms with van der Waals surface area (Å²) in [5.74, 6) is 0.0933. The Kier molecular flexibility index (Phi) is 4.71. The molecule has 0 saturated heterocycles. The molecule has 2 nitrogen and oxygen atoms in total. The highest BCUT2D eigenvalue weighted by atomic mass is 32.1. The summed E-state index contributed by atoms with van der Waals surface area (Å²) in [6.07, 6.45) is 7.33. The Morgan fingerprint density at radius 3 is 2.43 bits per heavy atom. The third kappa shape index (κ3) is 3.53. The van der Waals surface area contributed by atoms with Crippen molar-refractivity contribution in [2.24, 2.45) is 0 Å². The highest BCUT2D eigenvalue weighted by molar-refractivity contribution is 7.12. The Hall–Kier alpha value is -1.61. The lowest BCUT2D eigenvalue weighted by Gasteiger charge is -2.16. The summed E-state index contributed by atoms with van der Waals surface area (Å²) in [6, 6.07) is 12.5. The molecule has 21 heavy (non-hydrogen) atoms. The average molecular weight is 299 g/mol. The van der Waals surface area contributed by atoms with Gasteiger partial charge in [0.1, 0.15) is 0 Å². The van der Waals surface area contributed by atoms with Crippen LogP contribution in [-0.2, 0) is 0 Å². The first kappa shape index (κ1) is 14.3. The zero-order chi connectivity index (χ0) is 14.5. The summed E-state index contributed by atoms with van der Waals surface area (Å²) in [4.78, 5) is 13.4. The predicted octanol–water partition coefficient (Wildman–Crippen LogP) is 4.87. The van der Waals surface area contributed by atoms with Gasteiger partial charge >= 0.3 is 0 Å². The van der Waals surface area contributed by atoms with E-state index in [1.54, 1.807) is 0 Å². The van der Waals surface area contributed by atoms with Crippen molar-refractivity contribution < 1.29 is 4.79 Å². The van der Waals surface area contributed by atoms with Crippen molar-refractivity contribution in [2.45, 2.75) is 44.6 Å². The van der Waals surface area contributed by atoms with E-state index in [4.69, 9.17) is 0 Å². The highest BCUT2D eigenvalue weighted by Crippen LogP contribution is 2.28. The van der Waals surface area contributed by atoms with Gasteiger partial charge in [0.15, 0.2) is 0 Å². The SMILES string of the molecule is O=C(NC1CCCCCC1)c1sccc1-c1ccccc1. The van der Waals surface area contributed by atoms with E-state index in [9.17, 15) is 4.79 Å². The zero-order valence-corrected chi connectivity index (χ0v) is 13.0. The van der Waals surface area contributed by atoms with Crippen LogP contribution in [0.25, 0.3) is 11.1 Å². The molecular formula is C18H21NOS. The largest absolute Gasteiger partial charge is 0.349 e. The van der Waals surface area contributed by atoms with Gasteiger partial charge in [0, 0.05) is 11.6 Å². The van der Waals surface area contributed by atoms with Gasteiger partial charge in [0.25, 0.3) is 5.91 Å². The lowest BCUT2D eigenvalue weighted by molar-refractivity contribution is 0.0938. The van der Waals surface area contributed by atoms with E-state index in [1.165, 1.54) is 37.0 Å². The smallest absolute Gasteiger partial charge is 0.262 e. The topological polar surface area (TPSA) is 29.1 Å². The van der Waals surface area contributed by atoms with Gasteiger partial charge in [-0.3, -0.25) is 4.79 Å². The van der Waals surface area contributed by atoms with Crippen molar-refractivity contribution in [2.75, 3.05) is 0 Å². The van der Waals surface area contributed by atoms with E-state index in [1.807, 2.05) is 29.6 Å². The molecule has 2 aromatic rings. The maximum absolute atomic E-state index is 12.6. The molecular weight excluding hydrogens is 278 g/mol. The second-order valence-electron chi connectivity index (χ2n) is 5.69. The zero-order valence-electron chi connectivity index (χ0n) is 12.2. The standard InChI is InChI=1S/C18H21NOS/c20-18(19-15-10-6-1-2-7-11-15)17-16(12-13-21-17)14-8-4-3-5-9-14/h3-5,8-9,12-13,15H,1-2,6-7,10-11H2,(H,19,20). The highest BCUT2D eigenvalue weighted by Gasteiger charge is 2.19. The fraction of sp³-hybridized carbons (Fsp3) is 0.389. The molecule has 1 heterocycles. The summed E-state index contributed by atoms with van der Waals surface area (Å²) in [5, 5.41) is 5.25. The maximum atomic E-state index is 12.6. The number of carbonyl (C=O) groups is 1. The van der Waals surface area contributed by atoms with Gasteiger partial charge in [-0.05, 0) is 29.9 Å². The van der Waals surface area contributed by atoms with Crippen LogP contribution < -0.4 is 5.32 Å². The normalized spacial score (nSPS) is 16.4. The summed E-state index contributed by atoms with van der Waals surface area (Å²) in [5.41, 5.74) is 2.16. The summed E-state index contributed by atoms with van der Waals surface area (Å²) in [7, 11) is 0. The van der Waals surface area contributed by atoms with Gasteiger partial charge < -0.3 is 5.32 Å². The predicted molar refractivity (Wildman–Crippen MR) is 88.7 cm³/mol. The minimum absolute atomic E-state index is 0.0933. The molecule has 1 aromatic carbocycles. The van der Waals surface area contributed by atoms with E-state index in [-0.39, 0.29) is 5.91 Å². The average Bonchev–Trinajstić information content (AvgIpc) is 2.87. The van der Waals surface area contributed by atoms with Gasteiger partial charge in [-0.1, -0.05) is 56.0 Å². The van der Waals surface area contributed by atoms with Crippen molar-refractivity contribution in [1.29, 1.82) is 0 Å². The van der Waals surface area contributed by atoms with Crippen molar-refractivity contribution in [1.82, 2.24) is 5.32 Å². The van der Waals surface area contributed by atoms with E-state index >= 15 is 0 Å². The van der Waals surface area contributed by atoms with Gasteiger partial charge in [-0.25, -0.2) is 0 Å². The molecule has 1 aromatic heterocycles. The second kappa shape index (κ2) is 6.90. The molecule has 1 fully saturated rings. The van der Waals surface area contributed by atoms with E-state index in [2.05, 4.69) is 17.4 Å². The molecule has 0 unspecified atom stereocenters. The van der Waals surface area contributed by atoms with Gasteiger partial charge in [0.05, 0.1) is 4.88 Å². The van der Waals surface area contributed by atoms with Crippen LogP contribution >= 0.6 is 11.3 Å². The minimum atomic E-state index is 0.0933. The van der Waals surface area contributed by atoms with Crippen LogP contribution in [0.15, 0.2) is 41.8 Å². The van der Waals surface area contributed by atoms with Gasteiger partial charge in [-0.2, -0.15) is 0 Å². The van der Waals surface area contributed by atoms with Crippen molar-refractivity contribution in [3.8, 4) is 11.1 Å². The molecule has 1 aliphatic rings. The lowest BCUT2D eigenvalue weighted by Crippen LogP contribution is -2.34. The second-order valence-corrected chi connectivity index (χ2v) is 6.61. The first-order chi connectivity index (χ1) is 10.3. The van der Waals surface area contributed by atoms with Crippen LogP contribution in [0.3, 0.4) is 0 Å². The van der Waals surface area contributed by atoms with Crippen molar-refractivity contribution in [3.63, 3.8) is 0 Å². The van der Waals surface area contributed by atoms with Gasteiger partial charge in [0.2, 0.25) is 0 Å². The first-order valence-corrected chi connectivity index (χ1v) is 8.66. The third-order valence-corrected chi connectivity index (χ3v) is 5.06. The molecule has 0 bridgehead atoms. The molecule has 1 N–H and O–H groups in total. The van der Waals surface area contributed by atoms with Crippen molar-refractivity contribution >= 4 is 17.2 Å². The Morgan fingerprint density at radius 2 is 1.71 bits per heavy atom. The van der Waals surface area contributed by atoms with Crippen LogP contribution in [0.1, 0.15) is 48.2 Å². The number of carbonyl (C=O) groups excluding carboxylic acids is 1. The number of rotatable bonds is 3. The fourth-order valence-electron chi connectivity index (χ4n) is 3.00. The Labute approximate surface area is 130 Å². The van der Waals surface area contributed by atoms with E-state index in [0.717, 1.165) is 28.8 Å². The monoisotopic (exact) mass is 299 g/mol. The van der Waals surface area contributed by atoms with Gasteiger partial charge in [-0.15, -0.1) is 11.3 Å². The molecule has 0 aliphatic heterocycles. The molecule has 1 amide bonds. The first-order valence-electron chi connectivity index (χ1n) is 7.78. The lowest BCUT2D eigenvalue weighted by atomic mass is 10.1. The van der Waals surface area contributed by atoms with E-state index < -0.39 is 0 Å². The number of nitrogens with one attached hydrogen (secondary N) is 1. The summed E-state index contributed by atoms with van der Waals surface area (Å²) >= 11 is 1.53. The fourth-order valence-corrected chi connectivity index (χ4v) is 3.82. The number of benzene rings is 1. The molecule has 3 heteroatoms. The van der Waals surface area contributed by atoms with Crippen LogP contribution in [0, 0.1) is 0 Å². The third-order valence-electron chi connectivity index (χ3n) is 4.15. The van der Waals surface area contributed by atoms with Crippen LogP contribution in [0.4, 0.5) is 0 Å². The number of amides is 1. The number of thiophene rings is 1.